The average molecular weight is 398 g/mol. The standard InChI is InChI=1S/C18H15ClF3N3O2/c1-10-7-12(19)3-5-14(10)23-17(26)15-6-4-13(27-15)9-25-11(2)8-16(24-25)18(20,21)22/h3-8H,9H2,1-2H3,(H,23,26). The highest BCUT2D eigenvalue weighted by molar-refractivity contribution is 6.30. The SMILES string of the molecule is Cc1cc(Cl)ccc1NC(=O)c1ccc(Cn2nc(C(F)(F)F)cc2C)o1. The summed E-state index contributed by atoms with van der Waals surface area (Å²) >= 11 is 5.88. The number of halogens is 4. The summed E-state index contributed by atoms with van der Waals surface area (Å²) in [4.78, 5) is 12.3. The zero-order valence-corrected chi connectivity index (χ0v) is 15.1. The molecule has 0 spiro atoms. The van der Waals surface area contributed by atoms with Gasteiger partial charge in [-0.1, -0.05) is 11.6 Å². The molecule has 0 fully saturated rings. The molecule has 1 aromatic carbocycles. The van der Waals surface area contributed by atoms with E-state index in [1.165, 1.54) is 23.7 Å². The summed E-state index contributed by atoms with van der Waals surface area (Å²) in [7, 11) is 0. The summed E-state index contributed by atoms with van der Waals surface area (Å²) in [5, 5.41) is 6.79. The van der Waals surface area contributed by atoms with Crippen molar-refractivity contribution in [3.8, 4) is 0 Å². The van der Waals surface area contributed by atoms with Gasteiger partial charge in [-0.05, 0) is 55.8 Å². The Labute approximate surface area is 157 Å². The summed E-state index contributed by atoms with van der Waals surface area (Å²) in [5.74, 6) is -0.118. The predicted octanol–water partition coefficient (Wildman–Crippen LogP) is 5.07. The highest BCUT2D eigenvalue weighted by Gasteiger charge is 2.34. The fourth-order valence-electron chi connectivity index (χ4n) is 2.49. The molecule has 2 aromatic heterocycles. The quantitative estimate of drug-likeness (QED) is 0.669. The van der Waals surface area contributed by atoms with Crippen molar-refractivity contribution in [1.82, 2.24) is 9.78 Å². The van der Waals surface area contributed by atoms with E-state index in [9.17, 15) is 18.0 Å². The number of benzene rings is 1. The monoisotopic (exact) mass is 397 g/mol. The minimum absolute atomic E-state index is 0.0187. The fraction of sp³-hybridized carbons (Fsp3) is 0.222. The Kier molecular flexibility index (Phi) is 5.01. The number of hydrogen-bond donors (Lipinski definition) is 1. The van der Waals surface area contributed by atoms with Gasteiger partial charge in [0.25, 0.3) is 5.91 Å². The van der Waals surface area contributed by atoms with E-state index in [4.69, 9.17) is 16.0 Å². The third-order valence-electron chi connectivity index (χ3n) is 3.90. The Hall–Kier alpha value is -2.74. The highest BCUT2D eigenvalue weighted by atomic mass is 35.5. The van der Waals surface area contributed by atoms with Crippen LogP contribution in [0.2, 0.25) is 5.02 Å². The Bertz CT molecular complexity index is 992. The number of carbonyl (C=O) groups excluding carboxylic acids is 1. The van der Waals surface area contributed by atoms with E-state index in [0.29, 0.717) is 22.2 Å². The van der Waals surface area contributed by atoms with E-state index in [0.717, 1.165) is 11.6 Å². The van der Waals surface area contributed by atoms with Gasteiger partial charge in [-0.25, -0.2) is 0 Å². The van der Waals surface area contributed by atoms with Gasteiger partial charge in [0, 0.05) is 16.4 Å². The van der Waals surface area contributed by atoms with Crippen LogP contribution in [0.25, 0.3) is 0 Å². The lowest BCUT2D eigenvalue weighted by molar-refractivity contribution is -0.141. The van der Waals surface area contributed by atoms with Gasteiger partial charge in [0.05, 0.1) is 6.54 Å². The second kappa shape index (κ2) is 7.11. The Morgan fingerprint density at radius 3 is 2.59 bits per heavy atom. The van der Waals surface area contributed by atoms with Gasteiger partial charge in [0.15, 0.2) is 11.5 Å². The predicted molar refractivity (Wildman–Crippen MR) is 93.9 cm³/mol. The number of rotatable bonds is 4. The second-order valence-electron chi connectivity index (χ2n) is 6.01. The molecule has 0 aliphatic carbocycles. The Balaban J connectivity index is 1.73. The smallest absolute Gasteiger partial charge is 0.435 e. The van der Waals surface area contributed by atoms with Crippen molar-refractivity contribution >= 4 is 23.2 Å². The number of aromatic nitrogens is 2. The summed E-state index contributed by atoms with van der Waals surface area (Å²) in [6.45, 7) is 3.30. The normalized spacial score (nSPS) is 11.6. The van der Waals surface area contributed by atoms with Crippen molar-refractivity contribution < 1.29 is 22.4 Å². The van der Waals surface area contributed by atoms with Gasteiger partial charge in [0.1, 0.15) is 5.76 Å². The first kappa shape index (κ1) is 19.0. The summed E-state index contributed by atoms with van der Waals surface area (Å²) in [6.07, 6.45) is -4.51. The van der Waals surface area contributed by atoms with E-state index < -0.39 is 17.8 Å². The maximum atomic E-state index is 12.7. The van der Waals surface area contributed by atoms with Gasteiger partial charge in [0.2, 0.25) is 0 Å². The lowest BCUT2D eigenvalue weighted by Crippen LogP contribution is -2.12. The van der Waals surface area contributed by atoms with Crippen LogP contribution in [-0.2, 0) is 12.7 Å². The van der Waals surface area contributed by atoms with E-state index in [1.54, 1.807) is 25.1 Å². The Morgan fingerprint density at radius 2 is 1.96 bits per heavy atom. The first-order valence-electron chi connectivity index (χ1n) is 7.91. The van der Waals surface area contributed by atoms with Crippen LogP contribution in [0.3, 0.4) is 0 Å². The zero-order valence-electron chi connectivity index (χ0n) is 14.4. The molecular weight excluding hydrogens is 383 g/mol. The second-order valence-corrected chi connectivity index (χ2v) is 6.44. The number of amides is 1. The topological polar surface area (TPSA) is 60.1 Å². The molecule has 0 radical (unpaired) electrons. The van der Waals surface area contributed by atoms with Crippen molar-refractivity contribution in [2.45, 2.75) is 26.6 Å². The van der Waals surface area contributed by atoms with E-state index in [-0.39, 0.29) is 12.3 Å². The molecule has 142 valence electrons. The average Bonchev–Trinajstić information content (AvgIpc) is 3.18. The molecule has 0 atom stereocenters. The molecule has 0 aliphatic rings. The maximum Gasteiger partial charge on any atom is 0.435 e. The Morgan fingerprint density at radius 1 is 1.22 bits per heavy atom. The van der Waals surface area contributed by atoms with E-state index >= 15 is 0 Å². The minimum atomic E-state index is -4.51. The number of alkyl halides is 3. The van der Waals surface area contributed by atoms with Crippen LogP contribution < -0.4 is 5.32 Å². The first-order chi connectivity index (χ1) is 12.6. The fourth-order valence-corrected chi connectivity index (χ4v) is 2.72. The van der Waals surface area contributed by atoms with E-state index in [1.807, 2.05) is 0 Å². The molecule has 1 amide bonds. The van der Waals surface area contributed by atoms with Crippen molar-refractivity contribution in [3.05, 3.63) is 69.9 Å². The van der Waals surface area contributed by atoms with Gasteiger partial charge in [-0.2, -0.15) is 18.3 Å². The molecule has 0 bridgehead atoms. The molecule has 2 heterocycles. The third kappa shape index (κ3) is 4.33. The van der Waals surface area contributed by atoms with Crippen LogP contribution in [0, 0.1) is 13.8 Å². The first-order valence-corrected chi connectivity index (χ1v) is 8.29. The molecule has 5 nitrogen and oxygen atoms in total. The number of aryl methyl sites for hydroxylation is 2. The lowest BCUT2D eigenvalue weighted by Gasteiger charge is -2.07. The number of hydrogen-bond acceptors (Lipinski definition) is 3. The molecule has 0 saturated carbocycles. The maximum absolute atomic E-state index is 12.7. The highest BCUT2D eigenvalue weighted by Crippen LogP contribution is 2.28. The molecular formula is C18H15ClF3N3O2. The molecule has 0 unspecified atom stereocenters. The number of nitrogens with zero attached hydrogens (tertiary/aromatic N) is 2. The van der Waals surface area contributed by atoms with Crippen LogP contribution in [0.5, 0.6) is 0 Å². The molecule has 0 saturated heterocycles. The van der Waals surface area contributed by atoms with Crippen LogP contribution >= 0.6 is 11.6 Å². The third-order valence-corrected chi connectivity index (χ3v) is 4.13. The van der Waals surface area contributed by atoms with Crippen LogP contribution in [0.15, 0.2) is 40.8 Å². The van der Waals surface area contributed by atoms with Crippen LogP contribution in [0.4, 0.5) is 18.9 Å². The van der Waals surface area contributed by atoms with Crippen molar-refractivity contribution in [1.29, 1.82) is 0 Å². The van der Waals surface area contributed by atoms with Gasteiger partial charge in [-0.15, -0.1) is 0 Å². The molecule has 0 aliphatic heterocycles. The summed E-state index contributed by atoms with van der Waals surface area (Å²) in [5.41, 5.74) is 0.735. The largest absolute Gasteiger partial charge is 0.454 e. The number of anilines is 1. The van der Waals surface area contributed by atoms with Crippen molar-refractivity contribution in [2.75, 3.05) is 5.32 Å². The van der Waals surface area contributed by atoms with Crippen LogP contribution in [0.1, 0.15) is 33.3 Å². The van der Waals surface area contributed by atoms with Crippen LogP contribution in [-0.4, -0.2) is 15.7 Å². The number of nitrogens with one attached hydrogen (secondary N) is 1. The van der Waals surface area contributed by atoms with Gasteiger partial charge in [-0.3, -0.25) is 9.48 Å². The zero-order chi connectivity index (χ0) is 19.8. The van der Waals surface area contributed by atoms with E-state index in [2.05, 4.69) is 10.4 Å². The molecule has 27 heavy (non-hydrogen) atoms. The van der Waals surface area contributed by atoms with Crippen molar-refractivity contribution in [2.24, 2.45) is 0 Å². The molecule has 3 rings (SSSR count). The summed E-state index contributed by atoms with van der Waals surface area (Å²) < 4.78 is 44.8. The van der Waals surface area contributed by atoms with Crippen molar-refractivity contribution in [3.63, 3.8) is 0 Å². The number of furan rings is 1. The molecule has 3 aromatic rings. The lowest BCUT2D eigenvalue weighted by atomic mass is 10.2. The van der Waals surface area contributed by atoms with Gasteiger partial charge >= 0.3 is 6.18 Å². The minimum Gasteiger partial charge on any atom is -0.454 e. The molecule has 1 N–H and O–H groups in total. The van der Waals surface area contributed by atoms with Gasteiger partial charge < -0.3 is 9.73 Å². The molecule has 9 heteroatoms. The summed E-state index contributed by atoms with van der Waals surface area (Å²) in [6, 6.07) is 8.97. The number of carbonyl (C=O) groups is 1.